The van der Waals surface area contributed by atoms with E-state index < -0.39 is 16.8 Å². The summed E-state index contributed by atoms with van der Waals surface area (Å²) in [6.45, 7) is 17.7. The molecule has 250 valence electrons. The van der Waals surface area contributed by atoms with Gasteiger partial charge in [-0.1, -0.05) is 66.2 Å². The zero-order valence-corrected chi connectivity index (χ0v) is 30.9. The van der Waals surface area contributed by atoms with Crippen LogP contribution < -0.4 is 13.9 Å². The monoisotopic (exact) mass is 686 g/mol. The number of hydrogen-bond acceptors (Lipinski definition) is 4. The number of rotatable bonds is 18. The van der Waals surface area contributed by atoms with Gasteiger partial charge in [-0.25, -0.2) is 0 Å². The van der Waals surface area contributed by atoms with Gasteiger partial charge in [-0.15, -0.1) is 0 Å². The van der Waals surface area contributed by atoms with E-state index in [0.29, 0.717) is 5.75 Å². The summed E-state index contributed by atoms with van der Waals surface area (Å²) in [5.74, 6) is 2.43. The Morgan fingerprint density at radius 2 is 1.49 bits per heavy atom. The van der Waals surface area contributed by atoms with Crippen LogP contribution in [0.1, 0.15) is 128 Å². The second-order valence-electron chi connectivity index (χ2n) is 14.4. The molecular weight excluding hydrogens is 627 g/mol. The molecule has 0 radical (unpaired) electrons. The minimum absolute atomic E-state index is 0.204. The maximum absolute atomic E-state index is 13.4. The molecule has 4 unspecified atom stereocenters. The number of benzene rings is 2. The average Bonchev–Trinajstić information content (AvgIpc) is 2.97. The van der Waals surface area contributed by atoms with Crippen LogP contribution in [0.2, 0.25) is 4.82 Å². The van der Waals surface area contributed by atoms with E-state index in [2.05, 4.69) is 34.6 Å². The SMILES string of the molecule is Cc1c(C)c2c(c(C)c1OC(=O)C(CC(=O)O)[Se]c1ccccc1)CCC(C)(CCCC(C)CCCC(C)CCCC(C)C)O2. The van der Waals surface area contributed by atoms with E-state index in [-0.39, 0.29) is 27.0 Å². The van der Waals surface area contributed by atoms with Crippen molar-refractivity contribution in [2.75, 3.05) is 0 Å². The molecule has 0 fully saturated rings. The van der Waals surface area contributed by atoms with Gasteiger partial charge >= 0.3 is 196 Å². The van der Waals surface area contributed by atoms with Crippen LogP contribution >= 0.6 is 0 Å². The van der Waals surface area contributed by atoms with Gasteiger partial charge in [-0.3, -0.25) is 0 Å². The van der Waals surface area contributed by atoms with Gasteiger partial charge in [0.1, 0.15) is 0 Å². The summed E-state index contributed by atoms with van der Waals surface area (Å²) >= 11 is -0.351. The van der Waals surface area contributed by atoms with Crippen molar-refractivity contribution in [2.24, 2.45) is 17.8 Å². The summed E-state index contributed by atoms with van der Waals surface area (Å²) in [6, 6.07) is 9.61. The second kappa shape index (κ2) is 17.6. The molecule has 0 aliphatic carbocycles. The van der Waals surface area contributed by atoms with Gasteiger partial charge in [0.25, 0.3) is 0 Å². The van der Waals surface area contributed by atoms with Gasteiger partial charge in [0.2, 0.25) is 0 Å². The summed E-state index contributed by atoms with van der Waals surface area (Å²) in [5.41, 5.74) is 3.72. The third-order valence-corrected chi connectivity index (χ3v) is 12.2. The molecule has 1 N–H and O–H groups in total. The van der Waals surface area contributed by atoms with Crippen LogP contribution in [0, 0.1) is 38.5 Å². The summed E-state index contributed by atoms with van der Waals surface area (Å²) in [7, 11) is 0. The molecule has 0 bridgehead atoms. The zero-order valence-electron chi connectivity index (χ0n) is 29.2. The van der Waals surface area contributed by atoms with Crippen molar-refractivity contribution in [3.05, 3.63) is 52.6 Å². The first-order valence-electron chi connectivity index (χ1n) is 17.3. The molecule has 6 heteroatoms. The number of ether oxygens (including phenoxy) is 2. The van der Waals surface area contributed by atoms with Crippen LogP contribution in [0.4, 0.5) is 0 Å². The molecule has 45 heavy (non-hydrogen) atoms. The molecule has 3 rings (SSSR count). The van der Waals surface area contributed by atoms with E-state index in [1.54, 1.807) is 0 Å². The van der Waals surface area contributed by atoms with Crippen LogP contribution in [0.15, 0.2) is 30.3 Å². The number of aliphatic carboxylic acids is 1. The number of carbonyl (C=O) groups excluding carboxylic acids is 1. The second-order valence-corrected chi connectivity index (χ2v) is 17.0. The van der Waals surface area contributed by atoms with Crippen LogP contribution in [-0.2, 0) is 16.0 Å². The van der Waals surface area contributed by atoms with Crippen LogP contribution in [-0.4, -0.2) is 37.6 Å². The van der Waals surface area contributed by atoms with Crippen molar-refractivity contribution >= 4 is 31.4 Å². The van der Waals surface area contributed by atoms with E-state index >= 15 is 0 Å². The number of esters is 1. The van der Waals surface area contributed by atoms with E-state index in [4.69, 9.17) is 9.47 Å². The van der Waals surface area contributed by atoms with E-state index in [9.17, 15) is 14.7 Å². The van der Waals surface area contributed by atoms with Gasteiger partial charge in [0.15, 0.2) is 0 Å². The predicted octanol–water partition coefficient (Wildman–Crippen LogP) is 9.33. The standard InChI is InChI=1S/C39H58O5Se/c1-26(2)15-12-16-27(3)17-13-18-28(4)19-14-23-39(8)24-22-33-31(7)36(29(5)30(6)37(33)44-39)43-38(42)34(25-35(40)41)45-32-20-10-9-11-21-32/h9-11,20-21,26-28,34H,12-19,22-25H2,1-8H3,(H,40,41). The molecule has 0 saturated heterocycles. The Hall–Kier alpha value is -2.30. The minimum atomic E-state index is -0.992. The molecular formula is C39H58O5Se. The molecule has 4 atom stereocenters. The summed E-state index contributed by atoms with van der Waals surface area (Å²) in [6.07, 6.45) is 13.1. The Labute approximate surface area is 279 Å². The molecule has 0 saturated carbocycles. The molecule has 2 aromatic carbocycles. The fourth-order valence-corrected chi connectivity index (χ4v) is 8.70. The van der Waals surface area contributed by atoms with Crippen LogP contribution in [0.5, 0.6) is 11.5 Å². The fraction of sp³-hybridized carbons (Fsp3) is 0.641. The van der Waals surface area contributed by atoms with Crippen LogP contribution in [0.25, 0.3) is 0 Å². The Balaban J connectivity index is 1.58. The topological polar surface area (TPSA) is 72.8 Å². The van der Waals surface area contributed by atoms with Gasteiger partial charge in [0.05, 0.1) is 0 Å². The van der Waals surface area contributed by atoms with Gasteiger partial charge in [-0.05, 0) is 17.8 Å². The van der Waals surface area contributed by atoms with E-state index in [0.717, 1.165) is 75.9 Å². The van der Waals surface area contributed by atoms with Gasteiger partial charge < -0.3 is 0 Å². The Morgan fingerprint density at radius 1 is 0.889 bits per heavy atom. The molecule has 5 nitrogen and oxygen atoms in total. The van der Waals surface area contributed by atoms with Crippen molar-refractivity contribution in [1.29, 1.82) is 0 Å². The predicted molar refractivity (Wildman–Crippen MR) is 186 cm³/mol. The van der Waals surface area contributed by atoms with Gasteiger partial charge in [0, 0.05) is 0 Å². The van der Waals surface area contributed by atoms with E-state index in [1.807, 2.05) is 51.1 Å². The fourth-order valence-electron chi connectivity index (χ4n) is 6.57. The van der Waals surface area contributed by atoms with Crippen molar-refractivity contribution in [3.8, 4) is 11.5 Å². The molecule has 2 aromatic rings. The Bertz CT molecular complexity index is 1260. The number of hydrogen-bond donors (Lipinski definition) is 1. The van der Waals surface area contributed by atoms with Crippen molar-refractivity contribution in [3.63, 3.8) is 0 Å². The summed E-state index contributed by atoms with van der Waals surface area (Å²) in [4.78, 5) is 24.3. The number of carbonyl (C=O) groups is 2. The maximum atomic E-state index is 13.4. The third kappa shape index (κ3) is 11.5. The Kier molecular flexibility index (Phi) is 14.5. The van der Waals surface area contributed by atoms with Crippen molar-refractivity contribution < 1.29 is 24.2 Å². The van der Waals surface area contributed by atoms with Crippen molar-refractivity contribution in [2.45, 2.75) is 143 Å². The molecule has 0 amide bonds. The number of carboxylic acid groups (broad SMARTS) is 1. The summed E-state index contributed by atoms with van der Waals surface area (Å²) < 4.78 is 13.8. The molecule has 1 heterocycles. The molecule has 1 aliphatic heterocycles. The van der Waals surface area contributed by atoms with Gasteiger partial charge in [-0.2, -0.15) is 0 Å². The number of carboxylic acids is 1. The first-order chi connectivity index (χ1) is 21.3. The zero-order chi connectivity index (χ0) is 33.1. The quantitative estimate of drug-likeness (QED) is 0.0962. The molecule has 1 aliphatic rings. The molecule has 0 spiro atoms. The first-order valence-corrected chi connectivity index (χ1v) is 19.1. The average molecular weight is 686 g/mol. The van der Waals surface area contributed by atoms with Crippen LogP contribution in [0.3, 0.4) is 0 Å². The first kappa shape index (κ1) is 37.2. The van der Waals surface area contributed by atoms with Crippen molar-refractivity contribution in [1.82, 2.24) is 0 Å². The Morgan fingerprint density at radius 3 is 2.09 bits per heavy atom. The summed E-state index contributed by atoms with van der Waals surface area (Å²) in [5, 5.41) is 9.51. The molecule has 0 aromatic heterocycles. The normalized spacial score (nSPS) is 18.2. The van der Waals surface area contributed by atoms with E-state index in [1.165, 1.54) is 44.9 Å². The number of fused-ring (bicyclic) bond motifs is 1. The third-order valence-electron chi connectivity index (χ3n) is 9.69.